The maximum atomic E-state index is 5.86. The van der Waals surface area contributed by atoms with Crippen LogP contribution in [0.4, 0.5) is 0 Å². The highest BCUT2D eigenvalue weighted by Crippen LogP contribution is 2.49. The molecule has 24 heavy (non-hydrogen) atoms. The minimum Gasteiger partial charge on any atom is -0.316 e. The zero-order chi connectivity index (χ0) is 17.4. The van der Waals surface area contributed by atoms with E-state index < -0.39 is 6.64 Å². The summed E-state index contributed by atoms with van der Waals surface area (Å²) >= 11 is 5.55. The topological polar surface area (TPSA) is 30.5 Å². The van der Waals surface area contributed by atoms with Gasteiger partial charge in [0.05, 0.1) is 13.2 Å². The van der Waals surface area contributed by atoms with Crippen LogP contribution in [-0.2, 0) is 27.3 Å². The molecule has 1 aliphatic heterocycles. The number of hydrogen-bond acceptors (Lipinski definition) is 3. The first-order chi connectivity index (χ1) is 11.5. The first kappa shape index (κ1) is 19.6. The molecule has 2 atom stereocenters. The molecule has 132 valence electrons. The summed E-state index contributed by atoms with van der Waals surface area (Å²) in [6, 6.07) is 10.6. The van der Waals surface area contributed by atoms with Crippen molar-refractivity contribution in [1.82, 2.24) is 5.09 Å². The highest BCUT2D eigenvalue weighted by atomic mass is 32.5. The lowest BCUT2D eigenvalue weighted by atomic mass is 10.1. The minimum absolute atomic E-state index is 0.237. The predicted molar refractivity (Wildman–Crippen MR) is 106 cm³/mol. The van der Waals surface area contributed by atoms with Crippen LogP contribution in [0.5, 0.6) is 0 Å². The zero-order valence-electron chi connectivity index (χ0n) is 14.8. The molecular formula is C19H28NO2PS. The summed E-state index contributed by atoms with van der Waals surface area (Å²) < 4.78 is 11.6. The lowest BCUT2D eigenvalue weighted by molar-refractivity contribution is 0.287. The third kappa shape index (κ3) is 7.00. The minimum atomic E-state index is -2.33. The zero-order valence-corrected chi connectivity index (χ0v) is 16.5. The molecule has 0 saturated carbocycles. The van der Waals surface area contributed by atoms with Gasteiger partial charge >= 0.3 is 0 Å². The lowest BCUT2D eigenvalue weighted by Crippen LogP contribution is -2.24. The maximum Gasteiger partial charge on any atom is 0.261 e. The van der Waals surface area contributed by atoms with E-state index in [1.807, 2.05) is 6.07 Å². The van der Waals surface area contributed by atoms with E-state index in [0.29, 0.717) is 13.2 Å². The second-order valence-electron chi connectivity index (χ2n) is 6.48. The van der Waals surface area contributed by atoms with Crippen LogP contribution in [0.2, 0.25) is 0 Å². The first-order valence-electron chi connectivity index (χ1n) is 8.47. The van der Waals surface area contributed by atoms with Crippen molar-refractivity contribution < 1.29 is 9.05 Å². The molecule has 1 aromatic carbocycles. The summed E-state index contributed by atoms with van der Waals surface area (Å²) in [5, 5.41) is 3.39. The van der Waals surface area contributed by atoms with Gasteiger partial charge < -0.3 is 9.05 Å². The predicted octanol–water partition coefficient (Wildman–Crippen LogP) is 5.15. The molecule has 0 bridgehead atoms. The van der Waals surface area contributed by atoms with Crippen molar-refractivity contribution in [2.75, 3.05) is 13.2 Å². The molecule has 1 unspecified atom stereocenters. The molecule has 1 saturated heterocycles. The van der Waals surface area contributed by atoms with Crippen LogP contribution in [0.3, 0.4) is 0 Å². The van der Waals surface area contributed by atoms with Crippen molar-refractivity contribution >= 4 is 18.4 Å². The molecule has 0 radical (unpaired) electrons. The Hall–Kier alpha value is -0.770. The SMILES string of the molecule is CC(C)=CCC/C(C)=C/COP1(=S)N[C@@H](Cc2ccccc2)CO1. The Bertz CT molecular complexity index is 624. The molecule has 1 aromatic rings. The van der Waals surface area contributed by atoms with Crippen molar-refractivity contribution in [3.05, 3.63) is 59.2 Å². The van der Waals surface area contributed by atoms with E-state index in [-0.39, 0.29) is 6.04 Å². The van der Waals surface area contributed by atoms with Crippen molar-refractivity contribution in [2.45, 2.75) is 46.1 Å². The summed E-state index contributed by atoms with van der Waals surface area (Å²) in [7, 11) is 0. The molecule has 1 heterocycles. The smallest absolute Gasteiger partial charge is 0.261 e. The largest absolute Gasteiger partial charge is 0.316 e. The molecule has 0 aromatic heterocycles. The van der Waals surface area contributed by atoms with E-state index in [1.165, 1.54) is 16.7 Å². The molecule has 5 heteroatoms. The molecule has 0 amide bonds. The molecule has 2 rings (SSSR count). The first-order valence-corrected chi connectivity index (χ1v) is 11.1. The quantitative estimate of drug-likeness (QED) is 0.510. The summed E-state index contributed by atoms with van der Waals surface area (Å²) in [6.07, 6.45) is 7.42. The number of benzene rings is 1. The van der Waals surface area contributed by atoms with Crippen LogP contribution < -0.4 is 5.09 Å². The Morgan fingerprint density at radius 2 is 2.04 bits per heavy atom. The van der Waals surface area contributed by atoms with Gasteiger partial charge in [0.1, 0.15) is 0 Å². The molecule has 1 fully saturated rings. The molecule has 0 aliphatic carbocycles. The van der Waals surface area contributed by atoms with Crippen molar-refractivity contribution in [2.24, 2.45) is 0 Å². The standard InChI is InChI=1S/C19H28NO2PS/c1-16(2)8-7-9-17(3)12-13-21-23(24)20-19(15-22-23)14-18-10-5-4-6-11-18/h4-6,8,10-12,19H,7,9,13-15H2,1-3H3,(H,20,24)/b17-12+/t19-,23?/m0/s1. The van der Waals surface area contributed by atoms with Gasteiger partial charge in [0.2, 0.25) is 0 Å². The second-order valence-corrected chi connectivity index (χ2v) is 9.69. The van der Waals surface area contributed by atoms with Crippen LogP contribution in [0.25, 0.3) is 0 Å². The van der Waals surface area contributed by atoms with Crippen molar-refractivity contribution in [3.8, 4) is 0 Å². The van der Waals surface area contributed by atoms with Gasteiger partial charge in [-0.3, -0.25) is 0 Å². The highest BCUT2D eigenvalue weighted by molar-refractivity contribution is 8.09. The van der Waals surface area contributed by atoms with E-state index in [2.05, 4.69) is 62.3 Å². The number of rotatable bonds is 8. The van der Waals surface area contributed by atoms with E-state index in [4.69, 9.17) is 20.9 Å². The molecule has 3 nitrogen and oxygen atoms in total. The van der Waals surface area contributed by atoms with Gasteiger partial charge in [-0.25, -0.2) is 5.09 Å². The van der Waals surface area contributed by atoms with Gasteiger partial charge in [-0.2, -0.15) is 0 Å². The number of hydrogen-bond donors (Lipinski definition) is 1. The van der Waals surface area contributed by atoms with Crippen molar-refractivity contribution in [1.29, 1.82) is 0 Å². The highest BCUT2D eigenvalue weighted by Gasteiger charge is 2.31. The van der Waals surface area contributed by atoms with Gasteiger partial charge in [-0.15, -0.1) is 0 Å². The average molecular weight is 365 g/mol. The third-order valence-corrected chi connectivity index (χ3v) is 6.49. The Kier molecular flexibility index (Phi) is 7.86. The Morgan fingerprint density at radius 1 is 1.29 bits per heavy atom. The van der Waals surface area contributed by atoms with Crippen LogP contribution in [0, 0.1) is 0 Å². The van der Waals surface area contributed by atoms with E-state index >= 15 is 0 Å². The van der Waals surface area contributed by atoms with Gasteiger partial charge in [0, 0.05) is 6.04 Å². The molecular weight excluding hydrogens is 337 g/mol. The van der Waals surface area contributed by atoms with Gasteiger partial charge in [-0.1, -0.05) is 53.6 Å². The summed E-state index contributed by atoms with van der Waals surface area (Å²) in [4.78, 5) is 0. The fourth-order valence-corrected chi connectivity index (χ4v) is 4.83. The Morgan fingerprint density at radius 3 is 2.75 bits per heavy atom. The van der Waals surface area contributed by atoms with E-state index in [1.54, 1.807) is 0 Å². The fourth-order valence-electron chi connectivity index (χ4n) is 2.53. The van der Waals surface area contributed by atoms with Crippen LogP contribution in [0.15, 0.2) is 53.6 Å². The van der Waals surface area contributed by atoms with Crippen LogP contribution in [0.1, 0.15) is 39.2 Å². The maximum absolute atomic E-state index is 5.86. The van der Waals surface area contributed by atoms with E-state index in [0.717, 1.165) is 19.3 Å². The number of nitrogens with one attached hydrogen (secondary N) is 1. The second kappa shape index (κ2) is 9.65. The monoisotopic (exact) mass is 365 g/mol. The molecule has 1 aliphatic rings. The van der Waals surface area contributed by atoms with Gasteiger partial charge in [-0.05, 0) is 57.4 Å². The Labute approximate surface area is 151 Å². The fraction of sp³-hybridized carbons (Fsp3) is 0.474. The lowest BCUT2D eigenvalue weighted by Gasteiger charge is -2.15. The molecule has 0 spiro atoms. The van der Waals surface area contributed by atoms with E-state index in [9.17, 15) is 0 Å². The third-order valence-electron chi connectivity index (χ3n) is 3.88. The number of allylic oxidation sites excluding steroid dienone is 3. The van der Waals surface area contributed by atoms with Crippen LogP contribution >= 0.6 is 6.64 Å². The Balaban J connectivity index is 1.75. The summed E-state index contributed by atoms with van der Waals surface area (Å²) in [5.74, 6) is 0. The van der Waals surface area contributed by atoms with Gasteiger partial charge in [0.15, 0.2) is 0 Å². The van der Waals surface area contributed by atoms with Crippen molar-refractivity contribution in [3.63, 3.8) is 0 Å². The van der Waals surface area contributed by atoms with Crippen LogP contribution in [-0.4, -0.2) is 19.3 Å². The van der Waals surface area contributed by atoms with Gasteiger partial charge in [0.25, 0.3) is 6.64 Å². The summed E-state index contributed by atoms with van der Waals surface area (Å²) in [5.41, 5.74) is 3.98. The summed E-state index contributed by atoms with van der Waals surface area (Å²) in [6.45, 7) is 5.20. The molecule has 1 N–H and O–H groups in total. The normalized spacial score (nSPS) is 24.1. The average Bonchev–Trinajstić information content (AvgIpc) is 2.89.